The Morgan fingerprint density at radius 1 is 1.04 bits per heavy atom. The van der Waals surface area contributed by atoms with Gasteiger partial charge >= 0.3 is 5.97 Å². The number of carbonyl (C=O) groups is 1. The van der Waals surface area contributed by atoms with Crippen molar-refractivity contribution in [1.29, 1.82) is 0 Å². The highest BCUT2D eigenvalue weighted by Crippen LogP contribution is 2.12. The topological polar surface area (TPSA) is 62.2 Å². The first-order chi connectivity index (χ1) is 11.9. The molecule has 1 fully saturated rings. The van der Waals surface area contributed by atoms with Crippen LogP contribution in [0.1, 0.15) is 40.5 Å². The maximum Gasteiger partial charge on any atom is 0.322 e. The molecule has 1 rings (SSSR count). The number of rotatable bonds is 13. The summed E-state index contributed by atoms with van der Waals surface area (Å²) in [4.78, 5) is 15.8. The molecular weight excluding hydrogens is 320 g/mol. The van der Waals surface area contributed by atoms with Gasteiger partial charge in [0.1, 0.15) is 6.04 Å². The molecule has 1 saturated heterocycles. The molecule has 148 valence electrons. The Morgan fingerprint density at radius 2 is 1.72 bits per heavy atom. The maximum absolute atomic E-state index is 11.5. The third-order valence-corrected chi connectivity index (χ3v) is 4.45. The average Bonchev–Trinajstić information content (AvgIpc) is 2.53. The molecule has 0 aromatic rings. The Hall–Kier alpha value is -0.690. The van der Waals surface area contributed by atoms with Gasteiger partial charge in [-0.05, 0) is 24.7 Å². The normalized spacial score (nSPS) is 19.8. The Bertz CT molecular complexity index is 363. The van der Waals surface area contributed by atoms with Crippen LogP contribution in [0.15, 0.2) is 0 Å². The van der Waals surface area contributed by atoms with Crippen molar-refractivity contribution in [2.24, 2.45) is 11.8 Å². The largest absolute Gasteiger partial charge is 0.480 e. The van der Waals surface area contributed by atoms with Crippen molar-refractivity contribution >= 4 is 5.97 Å². The maximum atomic E-state index is 11.5. The van der Waals surface area contributed by atoms with E-state index in [0.717, 1.165) is 45.1 Å². The molecule has 0 radical (unpaired) electrons. The number of nitrogens with zero attached hydrogens (tertiary/aromatic N) is 2. The van der Waals surface area contributed by atoms with E-state index >= 15 is 0 Å². The van der Waals surface area contributed by atoms with Gasteiger partial charge in [0, 0.05) is 39.3 Å². The second-order valence-corrected chi connectivity index (χ2v) is 7.80. The molecule has 0 aliphatic carbocycles. The van der Waals surface area contributed by atoms with E-state index in [-0.39, 0.29) is 0 Å². The smallest absolute Gasteiger partial charge is 0.322 e. The molecule has 1 aliphatic heterocycles. The Labute approximate surface area is 153 Å². The van der Waals surface area contributed by atoms with Crippen LogP contribution in [0, 0.1) is 11.8 Å². The number of hydrogen-bond acceptors (Lipinski definition) is 5. The fraction of sp³-hybridized carbons (Fsp3) is 0.947. The quantitative estimate of drug-likeness (QED) is 0.509. The zero-order valence-electron chi connectivity index (χ0n) is 16.6. The number of carboxylic acids is 1. The highest BCUT2D eigenvalue weighted by atomic mass is 16.5. The van der Waals surface area contributed by atoms with Crippen LogP contribution >= 0.6 is 0 Å². The Morgan fingerprint density at radius 3 is 2.32 bits per heavy atom. The minimum atomic E-state index is -0.721. The van der Waals surface area contributed by atoms with Crippen LogP contribution < -0.4 is 0 Å². The van der Waals surface area contributed by atoms with Crippen LogP contribution in [0.3, 0.4) is 0 Å². The van der Waals surface area contributed by atoms with E-state index in [0.29, 0.717) is 32.3 Å². The summed E-state index contributed by atoms with van der Waals surface area (Å²) in [5.74, 6) is 0.494. The number of aliphatic carboxylic acids is 1. The van der Waals surface area contributed by atoms with Crippen LogP contribution in [-0.4, -0.2) is 86.1 Å². The van der Waals surface area contributed by atoms with Gasteiger partial charge in [0.25, 0.3) is 0 Å². The molecule has 1 aliphatic rings. The zero-order chi connectivity index (χ0) is 18.7. The van der Waals surface area contributed by atoms with Crippen molar-refractivity contribution in [2.75, 3.05) is 59.2 Å². The van der Waals surface area contributed by atoms with E-state index in [9.17, 15) is 9.90 Å². The number of ether oxygens (including phenoxy) is 2. The van der Waals surface area contributed by atoms with Gasteiger partial charge in [-0.15, -0.1) is 0 Å². The predicted octanol–water partition coefficient (Wildman–Crippen LogP) is 2.18. The Kier molecular flexibility index (Phi) is 11.3. The van der Waals surface area contributed by atoms with Gasteiger partial charge in [0.15, 0.2) is 0 Å². The molecule has 0 amide bonds. The van der Waals surface area contributed by atoms with Crippen LogP contribution in [0.25, 0.3) is 0 Å². The molecule has 1 heterocycles. The lowest BCUT2D eigenvalue weighted by Crippen LogP contribution is -2.57. The van der Waals surface area contributed by atoms with E-state index in [4.69, 9.17) is 9.47 Å². The molecule has 0 aromatic heterocycles. The first kappa shape index (κ1) is 22.4. The Balaban J connectivity index is 2.10. The molecule has 0 saturated carbocycles. The average molecular weight is 359 g/mol. The van der Waals surface area contributed by atoms with Gasteiger partial charge < -0.3 is 14.6 Å². The fourth-order valence-corrected chi connectivity index (χ4v) is 3.11. The second-order valence-electron chi connectivity index (χ2n) is 7.80. The standard InChI is InChI=1S/C19H38N2O4/c1-16(2)6-5-10-24-12-13-25-11-9-20-7-8-21(14-17(3)4)18(15-20)19(22)23/h16-18H,5-15H2,1-4H3,(H,22,23)/t18-/m1/s1. The van der Waals surface area contributed by atoms with Crippen molar-refractivity contribution in [1.82, 2.24) is 9.80 Å². The zero-order valence-corrected chi connectivity index (χ0v) is 16.6. The minimum absolute atomic E-state index is 0.402. The highest BCUT2D eigenvalue weighted by Gasteiger charge is 2.32. The van der Waals surface area contributed by atoms with Crippen LogP contribution in [0.5, 0.6) is 0 Å². The lowest BCUT2D eigenvalue weighted by Gasteiger charge is -2.40. The molecule has 1 N–H and O–H groups in total. The fourth-order valence-electron chi connectivity index (χ4n) is 3.11. The molecular formula is C19H38N2O4. The van der Waals surface area contributed by atoms with Gasteiger partial charge in [0.2, 0.25) is 0 Å². The lowest BCUT2D eigenvalue weighted by atomic mass is 10.1. The molecule has 0 aromatic carbocycles. The number of hydrogen-bond donors (Lipinski definition) is 1. The van der Waals surface area contributed by atoms with Crippen molar-refractivity contribution in [2.45, 2.75) is 46.6 Å². The van der Waals surface area contributed by atoms with E-state index in [1.807, 2.05) is 0 Å². The van der Waals surface area contributed by atoms with E-state index in [1.54, 1.807) is 0 Å². The monoisotopic (exact) mass is 358 g/mol. The van der Waals surface area contributed by atoms with Gasteiger partial charge in [-0.2, -0.15) is 0 Å². The van der Waals surface area contributed by atoms with Gasteiger partial charge in [-0.25, -0.2) is 0 Å². The SMILES string of the molecule is CC(C)CCCOCCOCCN1CCN(CC(C)C)[C@@H](C(=O)O)C1. The summed E-state index contributed by atoms with van der Waals surface area (Å²) >= 11 is 0. The third-order valence-electron chi connectivity index (χ3n) is 4.45. The number of carboxylic acid groups (broad SMARTS) is 1. The van der Waals surface area contributed by atoms with Crippen molar-refractivity contribution in [3.8, 4) is 0 Å². The van der Waals surface area contributed by atoms with Gasteiger partial charge in [-0.1, -0.05) is 27.7 Å². The predicted molar refractivity (Wildman–Crippen MR) is 100.0 cm³/mol. The summed E-state index contributed by atoms with van der Waals surface area (Å²) in [6, 6.07) is -0.402. The van der Waals surface area contributed by atoms with Gasteiger partial charge in [0.05, 0.1) is 19.8 Å². The molecule has 6 heteroatoms. The van der Waals surface area contributed by atoms with Crippen LogP contribution in [0.2, 0.25) is 0 Å². The minimum Gasteiger partial charge on any atom is -0.480 e. The molecule has 0 bridgehead atoms. The van der Waals surface area contributed by atoms with Crippen LogP contribution in [0.4, 0.5) is 0 Å². The summed E-state index contributed by atoms with van der Waals surface area (Å²) < 4.78 is 11.2. The van der Waals surface area contributed by atoms with E-state index in [1.165, 1.54) is 6.42 Å². The van der Waals surface area contributed by atoms with Crippen LogP contribution in [-0.2, 0) is 14.3 Å². The van der Waals surface area contributed by atoms with Crippen molar-refractivity contribution in [3.05, 3.63) is 0 Å². The number of piperazine rings is 1. The van der Waals surface area contributed by atoms with E-state index in [2.05, 4.69) is 37.5 Å². The summed E-state index contributed by atoms with van der Waals surface area (Å²) in [6.45, 7) is 15.3. The molecule has 0 unspecified atom stereocenters. The van der Waals surface area contributed by atoms with Gasteiger partial charge in [-0.3, -0.25) is 14.6 Å². The second kappa shape index (κ2) is 12.6. The summed E-state index contributed by atoms with van der Waals surface area (Å²) in [7, 11) is 0. The van der Waals surface area contributed by atoms with Crippen molar-refractivity contribution in [3.63, 3.8) is 0 Å². The van der Waals surface area contributed by atoms with E-state index < -0.39 is 12.0 Å². The molecule has 0 spiro atoms. The summed E-state index contributed by atoms with van der Waals surface area (Å²) in [6.07, 6.45) is 2.31. The summed E-state index contributed by atoms with van der Waals surface area (Å²) in [5, 5.41) is 9.47. The highest BCUT2D eigenvalue weighted by molar-refractivity contribution is 5.74. The molecule has 6 nitrogen and oxygen atoms in total. The summed E-state index contributed by atoms with van der Waals surface area (Å²) in [5.41, 5.74) is 0. The van der Waals surface area contributed by atoms with Crippen molar-refractivity contribution < 1.29 is 19.4 Å². The lowest BCUT2D eigenvalue weighted by molar-refractivity contribution is -0.146. The first-order valence-electron chi connectivity index (χ1n) is 9.74. The molecule has 25 heavy (non-hydrogen) atoms. The molecule has 1 atom stereocenters. The third kappa shape index (κ3) is 10.1. The first-order valence-corrected chi connectivity index (χ1v) is 9.74.